The van der Waals surface area contributed by atoms with E-state index in [1.165, 1.54) is 5.56 Å². The third-order valence-electron chi connectivity index (χ3n) is 3.15. The van der Waals surface area contributed by atoms with E-state index in [9.17, 15) is 0 Å². The second-order valence-corrected chi connectivity index (χ2v) is 5.66. The highest BCUT2D eigenvalue weighted by Gasteiger charge is 2.17. The summed E-state index contributed by atoms with van der Waals surface area (Å²) in [7, 11) is 5.79. The van der Waals surface area contributed by atoms with Gasteiger partial charge in [0, 0.05) is 20.1 Å². The highest BCUT2D eigenvalue weighted by molar-refractivity contribution is 5.60. The molecule has 0 atom stereocenters. The number of methoxy groups -OCH3 is 1. The van der Waals surface area contributed by atoms with Crippen molar-refractivity contribution < 1.29 is 4.74 Å². The van der Waals surface area contributed by atoms with Crippen LogP contribution < -0.4 is 15.0 Å². The predicted octanol–water partition coefficient (Wildman–Crippen LogP) is 2.65. The molecule has 0 aliphatic rings. The zero-order valence-electron chi connectivity index (χ0n) is 12.5. The van der Waals surface area contributed by atoms with Crippen LogP contribution in [0.4, 0.5) is 5.69 Å². The van der Waals surface area contributed by atoms with Crippen molar-refractivity contribution in [1.82, 2.24) is 5.32 Å². The van der Waals surface area contributed by atoms with Crippen molar-refractivity contribution >= 4 is 5.69 Å². The molecule has 3 nitrogen and oxygen atoms in total. The Balaban J connectivity index is 3.06. The topological polar surface area (TPSA) is 24.5 Å². The van der Waals surface area contributed by atoms with Crippen LogP contribution in [0.15, 0.2) is 18.2 Å². The SMILES string of the molecule is CNCCN(C)c1cc(C(C)(C)C)ccc1OC. The molecule has 0 aliphatic heterocycles. The van der Waals surface area contributed by atoms with E-state index < -0.39 is 0 Å². The van der Waals surface area contributed by atoms with Crippen LogP contribution in [0.3, 0.4) is 0 Å². The lowest BCUT2D eigenvalue weighted by Gasteiger charge is -2.26. The van der Waals surface area contributed by atoms with Crippen LogP contribution >= 0.6 is 0 Å². The Morgan fingerprint density at radius 1 is 1.28 bits per heavy atom. The fraction of sp³-hybridized carbons (Fsp3) is 0.600. The Morgan fingerprint density at radius 2 is 1.94 bits per heavy atom. The van der Waals surface area contributed by atoms with Gasteiger partial charge in [0.05, 0.1) is 12.8 Å². The first-order valence-electron chi connectivity index (χ1n) is 6.44. The van der Waals surface area contributed by atoms with E-state index in [-0.39, 0.29) is 5.41 Å². The summed E-state index contributed by atoms with van der Waals surface area (Å²) in [4.78, 5) is 2.23. The van der Waals surface area contributed by atoms with Gasteiger partial charge in [-0.15, -0.1) is 0 Å². The normalized spacial score (nSPS) is 11.4. The van der Waals surface area contributed by atoms with Crippen LogP contribution in [-0.4, -0.2) is 34.3 Å². The summed E-state index contributed by atoms with van der Waals surface area (Å²) in [6, 6.07) is 6.44. The van der Waals surface area contributed by atoms with Crippen LogP contribution in [0.1, 0.15) is 26.3 Å². The van der Waals surface area contributed by atoms with E-state index >= 15 is 0 Å². The molecule has 1 rings (SSSR count). The smallest absolute Gasteiger partial charge is 0.142 e. The summed E-state index contributed by atoms with van der Waals surface area (Å²) in [5, 5.41) is 3.17. The molecule has 0 aromatic heterocycles. The quantitative estimate of drug-likeness (QED) is 0.869. The zero-order valence-corrected chi connectivity index (χ0v) is 12.5. The maximum Gasteiger partial charge on any atom is 0.142 e. The van der Waals surface area contributed by atoms with Gasteiger partial charge >= 0.3 is 0 Å². The molecule has 0 aliphatic carbocycles. The number of nitrogens with one attached hydrogen (secondary N) is 1. The van der Waals surface area contributed by atoms with E-state index in [0.717, 1.165) is 24.5 Å². The maximum atomic E-state index is 5.45. The highest BCUT2D eigenvalue weighted by Crippen LogP contribution is 2.33. The average Bonchev–Trinajstić information content (AvgIpc) is 2.34. The molecule has 0 bridgehead atoms. The van der Waals surface area contributed by atoms with Gasteiger partial charge in [0.1, 0.15) is 5.75 Å². The lowest BCUT2D eigenvalue weighted by atomic mass is 9.86. The number of nitrogens with zero attached hydrogens (tertiary/aromatic N) is 1. The summed E-state index contributed by atoms with van der Waals surface area (Å²) in [6.07, 6.45) is 0. The Labute approximate surface area is 111 Å². The fourth-order valence-electron chi connectivity index (χ4n) is 1.85. The summed E-state index contributed by atoms with van der Waals surface area (Å²) in [5.74, 6) is 0.932. The Kier molecular flexibility index (Phi) is 5.03. The minimum Gasteiger partial charge on any atom is -0.495 e. The molecule has 1 aromatic rings. The van der Waals surface area contributed by atoms with Crippen molar-refractivity contribution in [2.45, 2.75) is 26.2 Å². The molecule has 0 fully saturated rings. The largest absolute Gasteiger partial charge is 0.495 e. The molecule has 102 valence electrons. The zero-order chi connectivity index (χ0) is 13.8. The summed E-state index contributed by atoms with van der Waals surface area (Å²) < 4.78 is 5.45. The van der Waals surface area contributed by atoms with Crippen LogP contribution in [0.25, 0.3) is 0 Å². The molecule has 0 amide bonds. The second kappa shape index (κ2) is 6.10. The number of ether oxygens (including phenoxy) is 1. The van der Waals surface area contributed by atoms with Gasteiger partial charge in [-0.05, 0) is 30.2 Å². The monoisotopic (exact) mass is 250 g/mol. The average molecular weight is 250 g/mol. The molecule has 1 N–H and O–H groups in total. The lowest BCUT2D eigenvalue weighted by molar-refractivity contribution is 0.414. The van der Waals surface area contributed by atoms with Crippen LogP contribution in [0.2, 0.25) is 0 Å². The van der Waals surface area contributed by atoms with E-state index in [2.05, 4.69) is 56.2 Å². The Hall–Kier alpha value is -1.22. The van der Waals surface area contributed by atoms with Gasteiger partial charge in [0.15, 0.2) is 0 Å². The third kappa shape index (κ3) is 3.64. The summed E-state index contributed by atoms with van der Waals surface area (Å²) in [5.41, 5.74) is 2.64. The molecular weight excluding hydrogens is 224 g/mol. The molecule has 0 spiro atoms. The molecule has 3 heteroatoms. The van der Waals surface area contributed by atoms with Gasteiger partial charge in [0.2, 0.25) is 0 Å². The maximum absolute atomic E-state index is 5.45. The second-order valence-electron chi connectivity index (χ2n) is 5.66. The minimum absolute atomic E-state index is 0.158. The standard InChI is InChI=1S/C15H26N2O/c1-15(2,3)12-7-8-14(18-6)13(11-12)17(5)10-9-16-4/h7-8,11,16H,9-10H2,1-6H3. The number of anilines is 1. The molecule has 0 saturated heterocycles. The van der Waals surface area contributed by atoms with E-state index in [1.54, 1.807) is 7.11 Å². The van der Waals surface area contributed by atoms with Gasteiger partial charge in [-0.1, -0.05) is 26.8 Å². The first-order chi connectivity index (χ1) is 8.40. The van der Waals surface area contributed by atoms with Crippen molar-refractivity contribution in [3.8, 4) is 5.75 Å². The molecule has 0 heterocycles. The van der Waals surface area contributed by atoms with Crippen molar-refractivity contribution in [1.29, 1.82) is 0 Å². The van der Waals surface area contributed by atoms with Gasteiger partial charge < -0.3 is 15.0 Å². The van der Waals surface area contributed by atoms with Gasteiger partial charge in [-0.2, -0.15) is 0 Å². The fourth-order valence-corrected chi connectivity index (χ4v) is 1.85. The predicted molar refractivity (Wildman–Crippen MR) is 78.9 cm³/mol. The van der Waals surface area contributed by atoms with Gasteiger partial charge in [-0.25, -0.2) is 0 Å². The first kappa shape index (κ1) is 14.8. The van der Waals surface area contributed by atoms with Gasteiger partial charge in [0.25, 0.3) is 0 Å². The number of rotatable bonds is 5. The van der Waals surface area contributed by atoms with Crippen LogP contribution in [0.5, 0.6) is 5.75 Å². The van der Waals surface area contributed by atoms with Crippen molar-refractivity contribution in [3.63, 3.8) is 0 Å². The molecule has 0 saturated carbocycles. The molecular formula is C15H26N2O. The van der Waals surface area contributed by atoms with Crippen molar-refractivity contribution in [3.05, 3.63) is 23.8 Å². The number of likely N-dealkylation sites (N-methyl/N-ethyl adjacent to an activating group) is 2. The van der Waals surface area contributed by atoms with E-state index in [4.69, 9.17) is 4.74 Å². The highest BCUT2D eigenvalue weighted by atomic mass is 16.5. The number of benzene rings is 1. The molecule has 0 unspecified atom stereocenters. The minimum atomic E-state index is 0.158. The lowest BCUT2D eigenvalue weighted by Crippen LogP contribution is -2.27. The summed E-state index contributed by atoms with van der Waals surface area (Å²) >= 11 is 0. The van der Waals surface area contributed by atoms with Crippen LogP contribution in [0, 0.1) is 0 Å². The van der Waals surface area contributed by atoms with E-state index in [0.29, 0.717) is 0 Å². The molecule has 1 aromatic carbocycles. The number of hydrogen-bond acceptors (Lipinski definition) is 3. The van der Waals surface area contributed by atoms with Crippen LogP contribution in [-0.2, 0) is 5.41 Å². The molecule has 0 radical (unpaired) electrons. The van der Waals surface area contributed by atoms with Gasteiger partial charge in [-0.3, -0.25) is 0 Å². The molecule has 18 heavy (non-hydrogen) atoms. The Morgan fingerprint density at radius 3 is 2.44 bits per heavy atom. The summed E-state index contributed by atoms with van der Waals surface area (Å²) in [6.45, 7) is 8.60. The Bertz CT molecular complexity index is 383. The van der Waals surface area contributed by atoms with Crippen molar-refractivity contribution in [2.24, 2.45) is 0 Å². The van der Waals surface area contributed by atoms with E-state index in [1.807, 2.05) is 7.05 Å². The third-order valence-corrected chi connectivity index (χ3v) is 3.15. The first-order valence-corrected chi connectivity index (χ1v) is 6.44. The van der Waals surface area contributed by atoms with Crippen molar-refractivity contribution in [2.75, 3.05) is 39.2 Å². The number of hydrogen-bond donors (Lipinski definition) is 1.